The average Bonchev–Trinajstić information content (AvgIpc) is 3.36. The van der Waals surface area contributed by atoms with E-state index in [0.717, 1.165) is 17.1 Å². The molecule has 0 radical (unpaired) electrons. The number of thioether (sulfide) groups is 2. The molecule has 0 aromatic heterocycles. The highest BCUT2D eigenvalue weighted by Crippen LogP contribution is 2.51. The minimum absolute atomic E-state index is 0.0898. The van der Waals surface area contributed by atoms with Crippen LogP contribution in [-0.4, -0.2) is 75.2 Å². The van der Waals surface area contributed by atoms with E-state index < -0.39 is 24.0 Å². The maximum absolute atomic E-state index is 12.9. The number of benzene rings is 1. The Balaban J connectivity index is 1.61. The maximum atomic E-state index is 12.9. The molecule has 0 bridgehead atoms. The summed E-state index contributed by atoms with van der Waals surface area (Å²) in [5, 5.41) is 12.6. The first-order valence-electron chi connectivity index (χ1n) is 10.2. The monoisotopic (exact) mass is 452 g/mol. The number of carbonyl (C=O) groups excluding carboxylic acids is 2. The molecular formula is C21H28N2O5S2. The van der Waals surface area contributed by atoms with Gasteiger partial charge in [0.25, 0.3) is 0 Å². The summed E-state index contributed by atoms with van der Waals surface area (Å²) in [6, 6.07) is 8.37. The van der Waals surface area contributed by atoms with Gasteiger partial charge >= 0.3 is 11.9 Å². The summed E-state index contributed by atoms with van der Waals surface area (Å²) in [6.07, 6.45) is 1.62. The maximum Gasteiger partial charge on any atom is 0.326 e. The van der Waals surface area contributed by atoms with E-state index in [4.69, 9.17) is 4.74 Å². The zero-order chi connectivity index (χ0) is 21.6. The molecule has 30 heavy (non-hydrogen) atoms. The number of carbonyl (C=O) groups is 3. The van der Waals surface area contributed by atoms with E-state index in [1.807, 2.05) is 30.3 Å². The molecule has 0 unspecified atom stereocenters. The van der Waals surface area contributed by atoms with Crippen molar-refractivity contribution in [3.05, 3.63) is 35.9 Å². The number of aryl methyl sites for hydroxylation is 1. The van der Waals surface area contributed by atoms with Gasteiger partial charge in [0.2, 0.25) is 5.91 Å². The zero-order valence-corrected chi connectivity index (χ0v) is 18.7. The molecule has 0 saturated carbocycles. The van der Waals surface area contributed by atoms with Crippen molar-refractivity contribution in [2.45, 2.75) is 42.3 Å². The molecule has 2 aliphatic rings. The normalized spacial score (nSPS) is 21.0. The Hall–Kier alpha value is -1.71. The lowest BCUT2D eigenvalue weighted by Gasteiger charge is -2.24. The van der Waals surface area contributed by atoms with Crippen LogP contribution in [0.1, 0.15) is 25.3 Å². The fourth-order valence-electron chi connectivity index (χ4n) is 3.84. The van der Waals surface area contributed by atoms with Crippen LogP contribution in [0.4, 0.5) is 0 Å². The van der Waals surface area contributed by atoms with Gasteiger partial charge in [-0.3, -0.25) is 14.9 Å². The van der Waals surface area contributed by atoms with Gasteiger partial charge in [0, 0.05) is 24.5 Å². The molecular weight excluding hydrogens is 424 g/mol. The smallest absolute Gasteiger partial charge is 0.326 e. The van der Waals surface area contributed by atoms with Gasteiger partial charge < -0.3 is 14.7 Å². The number of esters is 1. The molecule has 2 N–H and O–H groups in total. The Morgan fingerprint density at radius 3 is 2.60 bits per heavy atom. The summed E-state index contributed by atoms with van der Waals surface area (Å²) in [6.45, 7) is 2.34. The minimum Gasteiger partial charge on any atom is -0.480 e. The molecule has 3 rings (SSSR count). The summed E-state index contributed by atoms with van der Waals surface area (Å²) in [4.78, 5) is 38.5. The Kier molecular flexibility index (Phi) is 8.07. The summed E-state index contributed by atoms with van der Waals surface area (Å²) >= 11 is 3.49. The molecule has 1 aromatic rings. The van der Waals surface area contributed by atoms with Gasteiger partial charge in [-0.2, -0.15) is 0 Å². The third kappa shape index (κ3) is 5.70. The Morgan fingerprint density at radius 1 is 1.27 bits per heavy atom. The predicted octanol–water partition coefficient (Wildman–Crippen LogP) is 2.00. The first-order valence-corrected chi connectivity index (χ1v) is 12.2. The van der Waals surface area contributed by atoms with E-state index in [0.29, 0.717) is 25.8 Å². The van der Waals surface area contributed by atoms with E-state index in [1.165, 1.54) is 4.90 Å². The molecule has 2 atom stereocenters. The molecule has 1 aromatic carbocycles. The minimum atomic E-state index is -0.973. The second-order valence-corrected chi connectivity index (χ2v) is 10.6. The van der Waals surface area contributed by atoms with Crippen LogP contribution in [0.25, 0.3) is 0 Å². The average molecular weight is 453 g/mol. The number of ether oxygens (including phenoxy) is 1. The number of hydrogen-bond acceptors (Lipinski definition) is 7. The molecule has 164 valence electrons. The highest BCUT2D eigenvalue weighted by Gasteiger charge is 2.51. The van der Waals surface area contributed by atoms with Gasteiger partial charge in [-0.05, 0) is 25.3 Å². The first-order chi connectivity index (χ1) is 14.4. The third-order valence-electron chi connectivity index (χ3n) is 5.35. The van der Waals surface area contributed by atoms with Gasteiger partial charge in [-0.1, -0.05) is 30.3 Å². The highest BCUT2D eigenvalue weighted by molar-refractivity contribution is 8.21. The molecule has 2 aliphatic heterocycles. The van der Waals surface area contributed by atoms with Gasteiger partial charge in [0.05, 0.1) is 17.2 Å². The number of hydrogen-bond donors (Lipinski definition) is 2. The third-order valence-corrected chi connectivity index (χ3v) is 8.77. The Labute approximate surface area is 185 Å². The van der Waals surface area contributed by atoms with Gasteiger partial charge in [0.1, 0.15) is 12.1 Å². The number of nitrogens with one attached hydrogen (secondary N) is 1. The second kappa shape index (κ2) is 10.5. The van der Waals surface area contributed by atoms with Crippen molar-refractivity contribution in [2.75, 3.05) is 31.2 Å². The topological polar surface area (TPSA) is 95.9 Å². The van der Waals surface area contributed by atoms with Crippen molar-refractivity contribution in [3.8, 4) is 0 Å². The predicted molar refractivity (Wildman–Crippen MR) is 119 cm³/mol. The number of carboxylic acids is 1. The fraction of sp³-hybridized carbons (Fsp3) is 0.571. The SMILES string of the molecule is CCOC(=O)[C@H](CCc1ccccc1)NCC(=O)N1CC2(C[C@H]1C(=O)O)SCCS2. The number of aliphatic carboxylic acids is 1. The van der Waals surface area contributed by atoms with Crippen molar-refractivity contribution in [2.24, 2.45) is 0 Å². The summed E-state index contributed by atoms with van der Waals surface area (Å²) < 4.78 is 4.94. The van der Waals surface area contributed by atoms with Crippen molar-refractivity contribution >= 4 is 41.4 Å². The number of amides is 1. The van der Waals surface area contributed by atoms with E-state index >= 15 is 0 Å². The van der Waals surface area contributed by atoms with Crippen LogP contribution in [0, 0.1) is 0 Å². The highest BCUT2D eigenvalue weighted by atomic mass is 32.2. The van der Waals surface area contributed by atoms with Crippen LogP contribution in [0.2, 0.25) is 0 Å². The van der Waals surface area contributed by atoms with Crippen LogP contribution in [-0.2, 0) is 25.5 Å². The number of carboxylic acid groups (broad SMARTS) is 1. The molecule has 2 fully saturated rings. The van der Waals surface area contributed by atoms with Crippen LogP contribution in [0.5, 0.6) is 0 Å². The summed E-state index contributed by atoms with van der Waals surface area (Å²) in [7, 11) is 0. The lowest BCUT2D eigenvalue weighted by Crippen LogP contribution is -2.48. The lowest BCUT2D eigenvalue weighted by molar-refractivity contribution is -0.149. The molecule has 1 spiro atoms. The van der Waals surface area contributed by atoms with Gasteiger partial charge in [0.15, 0.2) is 0 Å². The van der Waals surface area contributed by atoms with Crippen LogP contribution in [0.15, 0.2) is 30.3 Å². The fourth-order valence-corrected chi connectivity index (χ4v) is 7.10. The molecule has 2 heterocycles. The van der Waals surface area contributed by atoms with E-state index in [2.05, 4.69) is 5.32 Å². The Bertz CT molecular complexity index is 755. The van der Waals surface area contributed by atoms with Crippen LogP contribution in [0.3, 0.4) is 0 Å². The quantitative estimate of drug-likeness (QED) is 0.550. The molecule has 2 saturated heterocycles. The summed E-state index contributed by atoms with van der Waals surface area (Å²) in [5.74, 6) is 0.292. The largest absolute Gasteiger partial charge is 0.480 e. The zero-order valence-electron chi connectivity index (χ0n) is 17.0. The van der Waals surface area contributed by atoms with Gasteiger partial charge in [-0.15, -0.1) is 23.5 Å². The van der Waals surface area contributed by atoms with Crippen molar-refractivity contribution < 1.29 is 24.2 Å². The van der Waals surface area contributed by atoms with Crippen molar-refractivity contribution in [3.63, 3.8) is 0 Å². The van der Waals surface area contributed by atoms with E-state index in [1.54, 1.807) is 30.4 Å². The second-order valence-electron chi connectivity index (χ2n) is 7.40. The van der Waals surface area contributed by atoms with Crippen molar-refractivity contribution in [1.82, 2.24) is 10.2 Å². The number of rotatable bonds is 9. The summed E-state index contributed by atoms with van der Waals surface area (Å²) in [5.41, 5.74) is 1.10. The van der Waals surface area contributed by atoms with Crippen LogP contribution >= 0.6 is 23.5 Å². The molecule has 1 amide bonds. The van der Waals surface area contributed by atoms with Crippen LogP contribution < -0.4 is 5.32 Å². The molecule has 9 heteroatoms. The lowest BCUT2D eigenvalue weighted by atomic mass is 10.1. The molecule has 7 nitrogen and oxygen atoms in total. The standard InChI is InChI=1S/C21H28N2O5S2/c1-2-28-20(27)16(9-8-15-6-4-3-5-7-15)22-13-18(24)23-14-21(29-10-11-30-21)12-17(23)19(25)26/h3-7,16-17,22H,2,8-14H2,1H3,(H,25,26)/t16-,17-/m0/s1. The van der Waals surface area contributed by atoms with Gasteiger partial charge in [-0.25, -0.2) is 4.79 Å². The number of likely N-dealkylation sites (tertiary alicyclic amines) is 1. The first kappa shape index (κ1) is 23.0. The number of nitrogens with zero attached hydrogens (tertiary/aromatic N) is 1. The van der Waals surface area contributed by atoms with Crippen molar-refractivity contribution in [1.29, 1.82) is 0 Å². The molecule has 0 aliphatic carbocycles. The van der Waals surface area contributed by atoms with E-state index in [9.17, 15) is 19.5 Å². The van der Waals surface area contributed by atoms with E-state index in [-0.39, 0.29) is 23.1 Å². The Morgan fingerprint density at radius 2 is 1.97 bits per heavy atom.